The smallest absolute Gasteiger partial charge is 0.154 e. The fourth-order valence-corrected chi connectivity index (χ4v) is 2.23. The van der Waals surface area contributed by atoms with E-state index in [2.05, 4.69) is 10.3 Å². The number of hydrogen-bond acceptors (Lipinski definition) is 4. The molecule has 20 heavy (non-hydrogen) atoms. The second-order valence-electron chi connectivity index (χ2n) is 4.36. The summed E-state index contributed by atoms with van der Waals surface area (Å²) in [4.78, 5) is 0. The number of benzene rings is 1. The fraction of sp³-hybridized carbons (Fsp3) is 0.143. The molecule has 1 aromatic carbocycles. The number of aliphatic hydroxyl groups is 1. The summed E-state index contributed by atoms with van der Waals surface area (Å²) in [6.07, 6.45) is 1.57. The maximum Gasteiger partial charge on any atom is 0.154 e. The summed E-state index contributed by atoms with van der Waals surface area (Å²) >= 11 is 6.05. The average molecular weight is 290 g/mol. The Labute approximate surface area is 120 Å². The molecule has 0 aliphatic rings. The lowest BCUT2D eigenvalue weighted by molar-refractivity contribution is 0.277. The number of halogens is 1. The predicted molar refractivity (Wildman–Crippen MR) is 74.7 cm³/mol. The lowest BCUT2D eigenvalue weighted by atomic mass is 10.2. The van der Waals surface area contributed by atoms with Gasteiger partial charge < -0.3 is 9.52 Å². The molecule has 0 fully saturated rings. The Kier molecular flexibility index (Phi) is 3.30. The highest BCUT2D eigenvalue weighted by Gasteiger charge is 2.19. The van der Waals surface area contributed by atoms with Crippen LogP contribution in [-0.2, 0) is 6.61 Å². The van der Waals surface area contributed by atoms with Crippen molar-refractivity contribution in [1.82, 2.24) is 15.0 Å². The highest BCUT2D eigenvalue weighted by atomic mass is 35.5. The van der Waals surface area contributed by atoms with Crippen molar-refractivity contribution in [3.63, 3.8) is 0 Å². The van der Waals surface area contributed by atoms with Gasteiger partial charge in [-0.25, -0.2) is 4.68 Å². The zero-order valence-corrected chi connectivity index (χ0v) is 11.5. The van der Waals surface area contributed by atoms with E-state index < -0.39 is 0 Å². The van der Waals surface area contributed by atoms with Crippen molar-refractivity contribution in [3.05, 3.63) is 52.9 Å². The Bertz CT molecular complexity index is 735. The van der Waals surface area contributed by atoms with Crippen molar-refractivity contribution >= 4 is 11.6 Å². The molecule has 0 aliphatic heterocycles. The highest BCUT2D eigenvalue weighted by molar-refractivity contribution is 6.30. The molecule has 0 radical (unpaired) electrons. The number of aromatic nitrogens is 3. The van der Waals surface area contributed by atoms with Crippen LogP contribution in [0.15, 0.2) is 41.0 Å². The topological polar surface area (TPSA) is 64.1 Å². The number of nitrogens with zero attached hydrogens (tertiary/aromatic N) is 3. The van der Waals surface area contributed by atoms with E-state index in [-0.39, 0.29) is 6.61 Å². The molecular weight excluding hydrogens is 278 g/mol. The highest BCUT2D eigenvalue weighted by Crippen LogP contribution is 2.28. The standard InChI is InChI=1S/C14H12ClN3O2/c1-9-4-5-10(15)7-12(9)18-14(11(8-19)16-17-18)13-3-2-6-20-13/h2-7,19H,8H2,1H3. The Hall–Kier alpha value is -2.11. The third-order valence-electron chi connectivity index (χ3n) is 3.04. The van der Waals surface area contributed by atoms with Gasteiger partial charge in [0.1, 0.15) is 11.4 Å². The van der Waals surface area contributed by atoms with Crippen molar-refractivity contribution in [2.24, 2.45) is 0 Å². The minimum atomic E-state index is -0.213. The normalized spacial score (nSPS) is 10.9. The van der Waals surface area contributed by atoms with Crippen LogP contribution in [-0.4, -0.2) is 20.1 Å². The summed E-state index contributed by atoms with van der Waals surface area (Å²) in [5.41, 5.74) is 2.88. The van der Waals surface area contributed by atoms with Crippen molar-refractivity contribution in [2.75, 3.05) is 0 Å². The summed E-state index contributed by atoms with van der Waals surface area (Å²) < 4.78 is 7.04. The summed E-state index contributed by atoms with van der Waals surface area (Å²) in [6.45, 7) is 1.74. The first-order valence-corrected chi connectivity index (χ1v) is 6.44. The summed E-state index contributed by atoms with van der Waals surface area (Å²) in [7, 11) is 0. The molecule has 2 heterocycles. The van der Waals surface area contributed by atoms with Gasteiger partial charge in [-0.1, -0.05) is 22.9 Å². The van der Waals surface area contributed by atoms with E-state index in [1.807, 2.05) is 19.1 Å². The Morgan fingerprint density at radius 1 is 1.35 bits per heavy atom. The molecule has 2 aromatic heterocycles. The van der Waals surface area contributed by atoms with E-state index in [0.717, 1.165) is 11.3 Å². The van der Waals surface area contributed by atoms with Gasteiger partial charge in [-0.3, -0.25) is 0 Å². The molecule has 0 saturated carbocycles. The fourth-order valence-electron chi connectivity index (χ4n) is 2.06. The van der Waals surface area contributed by atoms with Gasteiger partial charge in [0.15, 0.2) is 5.76 Å². The zero-order chi connectivity index (χ0) is 14.1. The van der Waals surface area contributed by atoms with Gasteiger partial charge in [-0.2, -0.15) is 0 Å². The first kappa shape index (κ1) is 12.9. The van der Waals surface area contributed by atoms with Gasteiger partial charge in [0.05, 0.1) is 18.6 Å². The summed E-state index contributed by atoms with van der Waals surface area (Å²) in [5, 5.41) is 18.1. The van der Waals surface area contributed by atoms with Crippen LogP contribution in [0.25, 0.3) is 17.1 Å². The van der Waals surface area contributed by atoms with Crippen LogP contribution in [0.5, 0.6) is 0 Å². The van der Waals surface area contributed by atoms with Gasteiger partial charge in [0, 0.05) is 5.02 Å². The van der Waals surface area contributed by atoms with E-state index >= 15 is 0 Å². The third-order valence-corrected chi connectivity index (χ3v) is 3.28. The van der Waals surface area contributed by atoms with Crippen LogP contribution in [0.4, 0.5) is 0 Å². The van der Waals surface area contributed by atoms with Gasteiger partial charge >= 0.3 is 0 Å². The Morgan fingerprint density at radius 2 is 2.20 bits per heavy atom. The van der Waals surface area contributed by atoms with Crippen molar-refractivity contribution in [1.29, 1.82) is 0 Å². The monoisotopic (exact) mass is 289 g/mol. The van der Waals surface area contributed by atoms with Crippen molar-refractivity contribution in [3.8, 4) is 17.1 Å². The lowest BCUT2D eigenvalue weighted by Crippen LogP contribution is -2.02. The number of rotatable bonds is 3. The Morgan fingerprint density at radius 3 is 2.90 bits per heavy atom. The van der Waals surface area contributed by atoms with Gasteiger partial charge in [0.25, 0.3) is 0 Å². The predicted octanol–water partition coefficient (Wildman–Crippen LogP) is 2.98. The van der Waals surface area contributed by atoms with E-state index in [1.54, 1.807) is 29.1 Å². The number of furan rings is 1. The van der Waals surface area contributed by atoms with Gasteiger partial charge in [-0.15, -0.1) is 5.10 Å². The molecule has 0 aliphatic carbocycles. The van der Waals surface area contributed by atoms with E-state index in [0.29, 0.717) is 22.2 Å². The van der Waals surface area contributed by atoms with E-state index in [9.17, 15) is 5.11 Å². The molecule has 5 nitrogen and oxygen atoms in total. The molecule has 0 unspecified atom stereocenters. The molecule has 0 saturated heterocycles. The molecule has 0 spiro atoms. The molecule has 0 atom stereocenters. The lowest BCUT2D eigenvalue weighted by Gasteiger charge is -2.09. The summed E-state index contributed by atoms with van der Waals surface area (Å²) in [5.74, 6) is 0.596. The number of hydrogen-bond donors (Lipinski definition) is 1. The van der Waals surface area contributed by atoms with Crippen LogP contribution < -0.4 is 0 Å². The minimum Gasteiger partial charge on any atom is -0.463 e. The zero-order valence-electron chi connectivity index (χ0n) is 10.7. The molecule has 3 rings (SSSR count). The average Bonchev–Trinajstić information content (AvgIpc) is 3.08. The largest absolute Gasteiger partial charge is 0.463 e. The quantitative estimate of drug-likeness (QED) is 0.805. The van der Waals surface area contributed by atoms with E-state index in [4.69, 9.17) is 16.0 Å². The molecular formula is C14H12ClN3O2. The summed E-state index contributed by atoms with van der Waals surface area (Å²) in [6, 6.07) is 9.10. The van der Waals surface area contributed by atoms with Gasteiger partial charge in [0.2, 0.25) is 0 Å². The molecule has 0 bridgehead atoms. The third kappa shape index (κ3) is 2.11. The molecule has 6 heteroatoms. The molecule has 1 N–H and O–H groups in total. The SMILES string of the molecule is Cc1ccc(Cl)cc1-n1nnc(CO)c1-c1ccco1. The molecule has 0 amide bonds. The van der Waals surface area contributed by atoms with Crippen LogP contribution in [0.3, 0.4) is 0 Å². The second-order valence-corrected chi connectivity index (χ2v) is 4.80. The van der Waals surface area contributed by atoms with Crippen LogP contribution >= 0.6 is 11.6 Å². The molecule has 102 valence electrons. The Balaban J connectivity index is 2.25. The first-order valence-electron chi connectivity index (χ1n) is 6.06. The maximum absolute atomic E-state index is 9.42. The number of aliphatic hydroxyl groups excluding tert-OH is 1. The van der Waals surface area contributed by atoms with Gasteiger partial charge in [-0.05, 0) is 36.8 Å². The van der Waals surface area contributed by atoms with Crippen LogP contribution in [0.1, 0.15) is 11.3 Å². The van der Waals surface area contributed by atoms with Crippen molar-refractivity contribution < 1.29 is 9.52 Å². The first-order chi connectivity index (χ1) is 9.70. The minimum absolute atomic E-state index is 0.213. The van der Waals surface area contributed by atoms with Crippen molar-refractivity contribution in [2.45, 2.75) is 13.5 Å². The molecule has 3 aromatic rings. The second kappa shape index (κ2) is 5.11. The van der Waals surface area contributed by atoms with Crippen LogP contribution in [0, 0.1) is 6.92 Å². The van der Waals surface area contributed by atoms with Crippen LogP contribution in [0.2, 0.25) is 5.02 Å². The van der Waals surface area contributed by atoms with E-state index in [1.165, 1.54) is 0 Å². The number of aryl methyl sites for hydroxylation is 1. The maximum atomic E-state index is 9.42.